The fourth-order valence-corrected chi connectivity index (χ4v) is 5.04. The lowest BCUT2D eigenvalue weighted by Gasteiger charge is -2.39. The summed E-state index contributed by atoms with van der Waals surface area (Å²) >= 11 is 0. The average Bonchev–Trinajstić information content (AvgIpc) is 2.77. The highest BCUT2D eigenvalue weighted by Gasteiger charge is 2.35. The summed E-state index contributed by atoms with van der Waals surface area (Å²) in [7, 11) is 0. The molecule has 5 nitrogen and oxygen atoms in total. The molecule has 1 heterocycles. The van der Waals surface area contributed by atoms with Crippen molar-refractivity contribution in [2.24, 2.45) is 23.2 Å². The molecule has 1 aromatic rings. The lowest BCUT2D eigenvalue weighted by molar-refractivity contribution is -0.139. The fraction of sp³-hybridized carbons (Fsp3) is 0.692. The molecular formula is C26H40FN3O2. The minimum Gasteiger partial charge on any atom is -0.368 e. The Balaban J connectivity index is 1.53. The first-order valence-corrected chi connectivity index (χ1v) is 12.2. The number of amides is 2. The lowest BCUT2D eigenvalue weighted by Crippen LogP contribution is -2.57. The van der Waals surface area contributed by atoms with Crippen molar-refractivity contribution in [3.8, 4) is 0 Å². The van der Waals surface area contributed by atoms with Gasteiger partial charge in [-0.25, -0.2) is 4.39 Å². The third-order valence-electron chi connectivity index (χ3n) is 7.34. The Morgan fingerprint density at radius 3 is 2.03 bits per heavy atom. The van der Waals surface area contributed by atoms with Crippen LogP contribution in [0, 0.1) is 29.0 Å². The zero-order valence-electron chi connectivity index (χ0n) is 20.4. The van der Waals surface area contributed by atoms with Gasteiger partial charge in [0.05, 0.1) is 0 Å². The Bertz CT molecular complexity index is 771. The zero-order valence-corrected chi connectivity index (χ0v) is 20.4. The summed E-state index contributed by atoms with van der Waals surface area (Å²) in [5.41, 5.74) is 1.26. The third kappa shape index (κ3) is 6.02. The molecule has 1 N–H and O–H groups in total. The molecule has 2 amide bonds. The van der Waals surface area contributed by atoms with Crippen LogP contribution >= 0.6 is 0 Å². The number of halogens is 1. The summed E-state index contributed by atoms with van der Waals surface area (Å²) in [5, 5.41) is 3.10. The zero-order chi connectivity index (χ0) is 23.5. The number of piperazine rings is 1. The maximum Gasteiger partial charge on any atom is 0.245 e. The van der Waals surface area contributed by atoms with Crippen molar-refractivity contribution in [3.05, 3.63) is 30.1 Å². The number of nitrogens with zero attached hydrogens (tertiary/aromatic N) is 2. The van der Waals surface area contributed by atoms with Gasteiger partial charge in [-0.2, -0.15) is 0 Å². The van der Waals surface area contributed by atoms with E-state index >= 15 is 0 Å². The third-order valence-corrected chi connectivity index (χ3v) is 7.34. The van der Waals surface area contributed by atoms with E-state index in [1.165, 1.54) is 12.1 Å². The molecular weight excluding hydrogens is 405 g/mol. The molecule has 0 radical (unpaired) electrons. The second kappa shape index (κ2) is 10.2. The summed E-state index contributed by atoms with van der Waals surface area (Å²) in [6, 6.07) is 6.00. The second-order valence-electron chi connectivity index (χ2n) is 10.9. The summed E-state index contributed by atoms with van der Waals surface area (Å²) in [6.07, 6.45) is 3.96. The molecule has 1 atom stereocenters. The summed E-state index contributed by atoms with van der Waals surface area (Å²) in [5.74, 6) is 0.506. The van der Waals surface area contributed by atoms with Crippen LogP contribution in [0.25, 0.3) is 0 Å². The van der Waals surface area contributed by atoms with Crippen molar-refractivity contribution in [2.75, 3.05) is 31.1 Å². The van der Waals surface area contributed by atoms with Crippen LogP contribution < -0.4 is 10.2 Å². The summed E-state index contributed by atoms with van der Waals surface area (Å²) in [4.78, 5) is 30.3. The first kappa shape index (κ1) is 24.5. The smallest absolute Gasteiger partial charge is 0.245 e. The van der Waals surface area contributed by atoms with Crippen molar-refractivity contribution >= 4 is 17.5 Å². The number of anilines is 1. The van der Waals surface area contributed by atoms with Gasteiger partial charge in [-0.15, -0.1) is 0 Å². The van der Waals surface area contributed by atoms with Gasteiger partial charge in [-0.1, -0.05) is 34.6 Å². The van der Waals surface area contributed by atoms with E-state index in [-0.39, 0.29) is 34.9 Å². The Morgan fingerprint density at radius 2 is 1.53 bits per heavy atom. The number of hydrogen-bond acceptors (Lipinski definition) is 3. The first-order valence-electron chi connectivity index (χ1n) is 12.2. The maximum absolute atomic E-state index is 13.3. The molecule has 2 fully saturated rings. The fourth-order valence-electron chi connectivity index (χ4n) is 5.04. The molecule has 2 aliphatic rings. The molecule has 1 aliphatic carbocycles. The van der Waals surface area contributed by atoms with Crippen molar-refractivity contribution in [1.82, 2.24) is 10.2 Å². The largest absolute Gasteiger partial charge is 0.368 e. The van der Waals surface area contributed by atoms with Crippen molar-refractivity contribution < 1.29 is 14.0 Å². The van der Waals surface area contributed by atoms with Crippen LogP contribution in [-0.4, -0.2) is 48.9 Å². The van der Waals surface area contributed by atoms with E-state index in [0.717, 1.165) is 31.4 Å². The second-order valence-corrected chi connectivity index (χ2v) is 10.9. The van der Waals surface area contributed by atoms with Crippen LogP contribution in [0.4, 0.5) is 10.1 Å². The molecule has 0 aromatic heterocycles. The number of hydrogen-bond donors (Lipinski definition) is 1. The SMILES string of the molecule is CC(C)C(NC(=O)C1CCC(C(C)(C)C)CC1)C(=O)N1CCN(c2ccc(F)cc2)CC1. The standard InChI is InChI=1S/C26H40FN3O2/c1-18(2)23(28-24(31)19-6-8-20(9-7-19)26(3,4)5)25(32)30-16-14-29(15-17-30)22-12-10-21(27)11-13-22/h10-13,18-20,23H,6-9,14-17H2,1-5H3,(H,28,31). The number of rotatable bonds is 5. The minimum atomic E-state index is -0.486. The maximum atomic E-state index is 13.3. The number of carbonyl (C=O) groups excluding carboxylic acids is 2. The molecule has 1 unspecified atom stereocenters. The highest BCUT2D eigenvalue weighted by atomic mass is 19.1. The average molecular weight is 446 g/mol. The van der Waals surface area contributed by atoms with Crippen LogP contribution in [0.3, 0.4) is 0 Å². The van der Waals surface area contributed by atoms with Crippen LogP contribution in [0.5, 0.6) is 0 Å². The Kier molecular flexibility index (Phi) is 7.84. The van der Waals surface area contributed by atoms with Gasteiger partial charge in [0.1, 0.15) is 11.9 Å². The van der Waals surface area contributed by atoms with Gasteiger partial charge in [-0.05, 0) is 67.2 Å². The van der Waals surface area contributed by atoms with Gasteiger partial charge in [0.25, 0.3) is 0 Å². The Labute approximate surface area is 192 Å². The van der Waals surface area contributed by atoms with Gasteiger partial charge >= 0.3 is 0 Å². The van der Waals surface area contributed by atoms with E-state index in [1.807, 2.05) is 18.7 Å². The van der Waals surface area contributed by atoms with Crippen LogP contribution in [0.15, 0.2) is 24.3 Å². The van der Waals surface area contributed by atoms with Gasteiger partial charge in [0, 0.05) is 37.8 Å². The molecule has 32 heavy (non-hydrogen) atoms. The molecule has 6 heteroatoms. The van der Waals surface area contributed by atoms with Gasteiger partial charge in [0.2, 0.25) is 11.8 Å². The van der Waals surface area contributed by atoms with Crippen molar-refractivity contribution in [2.45, 2.75) is 66.3 Å². The number of carbonyl (C=O) groups is 2. The highest BCUT2D eigenvalue weighted by molar-refractivity contribution is 5.89. The van der Waals surface area contributed by atoms with Gasteiger partial charge in [0.15, 0.2) is 0 Å². The summed E-state index contributed by atoms with van der Waals surface area (Å²) in [6.45, 7) is 13.4. The minimum absolute atomic E-state index is 0.00971. The monoisotopic (exact) mass is 445 g/mol. The van der Waals surface area contributed by atoms with Crippen molar-refractivity contribution in [1.29, 1.82) is 0 Å². The first-order chi connectivity index (χ1) is 15.1. The van der Waals surface area contributed by atoms with E-state index in [2.05, 4.69) is 31.0 Å². The normalized spacial score (nSPS) is 23.2. The Hall–Kier alpha value is -2.11. The van der Waals surface area contributed by atoms with E-state index < -0.39 is 6.04 Å². The van der Waals surface area contributed by atoms with Crippen LogP contribution in [0.2, 0.25) is 0 Å². The molecule has 3 rings (SSSR count). The molecule has 1 aliphatic heterocycles. The highest BCUT2D eigenvalue weighted by Crippen LogP contribution is 2.39. The molecule has 1 saturated carbocycles. The van der Waals surface area contributed by atoms with E-state index in [9.17, 15) is 14.0 Å². The molecule has 1 saturated heterocycles. The van der Waals surface area contributed by atoms with Crippen LogP contribution in [0.1, 0.15) is 60.3 Å². The predicted octanol–water partition coefficient (Wildman–Crippen LogP) is 4.47. The number of benzene rings is 1. The van der Waals surface area contributed by atoms with E-state index in [4.69, 9.17) is 0 Å². The number of nitrogens with one attached hydrogen (secondary N) is 1. The molecule has 0 spiro atoms. The van der Waals surface area contributed by atoms with Gasteiger partial charge < -0.3 is 15.1 Å². The van der Waals surface area contributed by atoms with Gasteiger partial charge in [-0.3, -0.25) is 9.59 Å². The van der Waals surface area contributed by atoms with E-state index in [1.54, 1.807) is 12.1 Å². The van der Waals surface area contributed by atoms with Crippen molar-refractivity contribution in [3.63, 3.8) is 0 Å². The summed E-state index contributed by atoms with van der Waals surface area (Å²) < 4.78 is 13.2. The topological polar surface area (TPSA) is 52.7 Å². The van der Waals surface area contributed by atoms with Crippen LogP contribution in [-0.2, 0) is 9.59 Å². The van der Waals surface area contributed by atoms with E-state index in [0.29, 0.717) is 32.1 Å². The quantitative estimate of drug-likeness (QED) is 0.728. The molecule has 0 bridgehead atoms. The lowest BCUT2D eigenvalue weighted by atomic mass is 9.69. The Morgan fingerprint density at radius 1 is 0.969 bits per heavy atom. The molecule has 178 valence electrons. The predicted molar refractivity (Wildman–Crippen MR) is 127 cm³/mol. The molecule has 1 aromatic carbocycles.